The van der Waals surface area contributed by atoms with Gasteiger partial charge < -0.3 is 19.9 Å². The molecule has 0 bridgehead atoms. The SMILES string of the molecule is CC(C)[C@@H](NC(=O)OCc1ccccc1)C(=O)N1CCN(c2ccccc2)CC1. The van der Waals surface area contributed by atoms with Crippen LogP contribution in [0.25, 0.3) is 0 Å². The highest BCUT2D eigenvalue weighted by Gasteiger charge is 2.31. The average Bonchev–Trinajstić information content (AvgIpc) is 2.77. The second-order valence-corrected chi connectivity index (χ2v) is 7.58. The average molecular weight is 396 g/mol. The smallest absolute Gasteiger partial charge is 0.408 e. The number of nitrogens with one attached hydrogen (secondary N) is 1. The van der Waals surface area contributed by atoms with E-state index in [1.165, 1.54) is 5.69 Å². The summed E-state index contributed by atoms with van der Waals surface area (Å²) in [5.41, 5.74) is 2.08. The summed E-state index contributed by atoms with van der Waals surface area (Å²) in [5.74, 6) is -0.0803. The predicted molar refractivity (Wildman–Crippen MR) is 114 cm³/mol. The Bertz CT molecular complexity index is 788. The Balaban J connectivity index is 1.52. The van der Waals surface area contributed by atoms with Crippen LogP contribution in [0.4, 0.5) is 10.5 Å². The van der Waals surface area contributed by atoms with E-state index >= 15 is 0 Å². The molecule has 1 fully saturated rings. The Morgan fingerprint density at radius 2 is 1.52 bits per heavy atom. The van der Waals surface area contributed by atoms with Crippen LogP contribution in [0.3, 0.4) is 0 Å². The van der Waals surface area contributed by atoms with Crippen molar-refractivity contribution >= 4 is 17.7 Å². The van der Waals surface area contributed by atoms with Gasteiger partial charge in [-0.1, -0.05) is 62.4 Å². The molecule has 0 aromatic heterocycles. The number of para-hydroxylation sites is 1. The van der Waals surface area contributed by atoms with Crippen molar-refractivity contribution in [2.45, 2.75) is 26.5 Å². The Labute approximate surface area is 172 Å². The molecule has 1 aliphatic rings. The molecule has 2 amide bonds. The Morgan fingerprint density at radius 3 is 2.10 bits per heavy atom. The highest BCUT2D eigenvalue weighted by Crippen LogP contribution is 2.17. The first kappa shape index (κ1) is 20.7. The summed E-state index contributed by atoms with van der Waals surface area (Å²) in [6.45, 7) is 6.87. The van der Waals surface area contributed by atoms with E-state index in [1.807, 2.05) is 67.3 Å². The van der Waals surface area contributed by atoms with E-state index in [4.69, 9.17) is 4.74 Å². The number of anilines is 1. The van der Waals surface area contributed by atoms with Crippen molar-refractivity contribution in [3.05, 3.63) is 66.2 Å². The van der Waals surface area contributed by atoms with Gasteiger partial charge in [-0.2, -0.15) is 0 Å². The minimum Gasteiger partial charge on any atom is -0.445 e. The molecule has 154 valence electrons. The lowest BCUT2D eigenvalue weighted by molar-refractivity contribution is -0.134. The van der Waals surface area contributed by atoms with Crippen LogP contribution in [-0.2, 0) is 16.1 Å². The quantitative estimate of drug-likeness (QED) is 0.815. The van der Waals surface area contributed by atoms with Crippen LogP contribution in [0.1, 0.15) is 19.4 Å². The molecule has 2 aromatic rings. The van der Waals surface area contributed by atoms with E-state index in [0.29, 0.717) is 13.1 Å². The first-order valence-corrected chi connectivity index (χ1v) is 10.1. The maximum atomic E-state index is 13.0. The number of alkyl carbamates (subject to hydrolysis) is 1. The number of benzene rings is 2. The molecule has 1 atom stereocenters. The van der Waals surface area contributed by atoms with Crippen molar-refractivity contribution in [3.63, 3.8) is 0 Å². The lowest BCUT2D eigenvalue weighted by Gasteiger charge is -2.38. The van der Waals surface area contributed by atoms with E-state index in [-0.39, 0.29) is 18.4 Å². The molecule has 6 heteroatoms. The monoisotopic (exact) mass is 395 g/mol. The third-order valence-corrected chi connectivity index (χ3v) is 5.13. The van der Waals surface area contributed by atoms with Crippen LogP contribution >= 0.6 is 0 Å². The first-order chi connectivity index (χ1) is 14.0. The van der Waals surface area contributed by atoms with Gasteiger partial charge in [0, 0.05) is 31.9 Å². The molecule has 2 aromatic carbocycles. The maximum absolute atomic E-state index is 13.0. The minimum atomic E-state index is -0.596. The highest BCUT2D eigenvalue weighted by molar-refractivity contribution is 5.86. The molecule has 0 aliphatic carbocycles. The number of amides is 2. The van der Waals surface area contributed by atoms with Gasteiger partial charge >= 0.3 is 6.09 Å². The van der Waals surface area contributed by atoms with Crippen molar-refractivity contribution in [1.82, 2.24) is 10.2 Å². The third kappa shape index (κ3) is 5.73. The molecule has 0 spiro atoms. The van der Waals surface area contributed by atoms with Gasteiger partial charge in [0.25, 0.3) is 0 Å². The number of ether oxygens (including phenoxy) is 1. The summed E-state index contributed by atoms with van der Waals surface area (Å²) in [7, 11) is 0. The summed E-state index contributed by atoms with van der Waals surface area (Å²) in [6.07, 6.45) is -0.566. The molecule has 6 nitrogen and oxygen atoms in total. The molecule has 1 saturated heterocycles. The lowest BCUT2D eigenvalue weighted by atomic mass is 10.0. The minimum absolute atomic E-state index is 0.0288. The third-order valence-electron chi connectivity index (χ3n) is 5.13. The summed E-state index contributed by atoms with van der Waals surface area (Å²) in [4.78, 5) is 29.4. The molecular formula is C23H29N3O3. The van der Waals surface area contributed by atoms with Crippen LogP contribution in [0, 0.1) is 5.92 Å². The second-order valence-electron chi connectivity index (χ2n) is 7.58. The summed E-state index contributed by atoms with van der Waals surface area (Å²) >= 11 is 0. The van der Waals surface area contributed by atoms with E-state index in [9.17, 15) is 9.59 Å². The van der Waals surface area contributed by atoms with E-state index in [2.05, 4.69) is 22.3 Å². The lowest BCUT2D eigenvalue weighted by Crippen LogP contribution is -2.56. The number of piperazine rings is 1. The predicted octanol–water partition coefficient (Wildman–Crippen LogP) is 3.29. The molecule has 3 rings (SSSR count). The molecule has 29 heavy (non-hydrogen) atoms. The van der Waals surface area contributed by atoms with Gasteiger partial charge in [0.2, 0.25) is 5.91 Å². The van der Waals surface area contributed by atoms with Crippen LogP contribution in [-0.4, -0.2) is 49.1 Å². The number of rotatable bonds is 6. The second kappa shape index (κ2) is 9.96. The van der Waals surface area contributed by atoms with Crippen LogP contribution in [0.5, 0.6) is 0 Å². The van der Waals surface area contributed by atoms with Gasteiger partial charge in [0.15, 0.2) is 0 Å². The fourth-order valence-electron chi connectivity index (χ4n) is 3.43. The van der Waals surface area contributed by atoms with Crippen molar-refractivity contribution in [2.75, 3.05) is 31.1 Å². The van der Waals surface area contributed by atoms with Crippen molar-refractivity contribution in [2.24, 2.45) is 5.92 Å². The number of hydrogen-bond donors (Lipinski definition) is 1. The zero-order chi connectivity index (χ0) is 20.6. The first-order valence-electron chi connectivity index (χ1n) is 10.1. The molecule has 0 unspecified atom stereocenters. The Hall–Kier alpha value is -3.02. The standard InChI is InChI=1S/C23H29N3O3/c1-18(2)21(24-23(28)29-17-19-9-5-3-6-10-19)22(27)26-15-13-25(14-16-26)20-11-7-4-8-12-20/h3-12,18,21H,13-17H2,1-2H3,(H,24,28)/t21-/m1/s1. The fraction of sp³-hybridized carbons (Fsp3) is 0.391. The van der Waals surface area contributed by atoms with Gasteiger partial charge in [-0.05, 0) is 23.6 Å². The Morgan fingerprint density at radius 1 is 0.931 bits per heavy atom. The van der Waals surface area contributed by atoms with Gasteiger partial charge in [0.05, 0.1) is 0 Å². The number of carbonyl (C=O) groups is 2. The van der Waals surface area contributed by atoms with Gasteiger partial charge in [-0.25, -0.2) is 4.79 Å². The summed E-state index contributed by atoms with van der Waals surface area (Å²) < 4.78 is 5.29. The Kier molecular flexibility index (Phi) is 7.11. The van der Waals surface area contributed by atoms with Crippen molar-refractivity contribution in [3.8, 4) is 0 Å². The maximum Gasteiger partial charge on any atom is 0.408 e. The largest absolute Gasteiger partial charge is 0.445 e. The van der Waals surface area contributed by atoms with Crippen LogP contribution < -0.4 is 10.2 Å². The fourth-order valence-corrected chi connectivity index (χ4v) is 3.43. The van der Waals surface area contributed by atoms with Crippen LogP contribution in [0.15, 0.2) is 60.7 Å². The zero-order valence-corrected chi connectivity index (χ0v) is 17.1. The molecule has 0 radical (unpaired) electrons. The molecule has 1 N–H and O–H groups in total. The van der Waals surface area contributed by atoms with Crippen molar-refractivity contribution < 1.29 is 14.3 Å². The summed E-state index contributed by atoms with van der Waals surface area (Å²) in [6, 6.07) is 19.1. The molecular weight excluding hydrogens is 366 g/mol. The topological polar surface area (TPSA) is 61.9 Å². The summed E-state index contributed by atoms with van der Waals surface area (Å²) in [5, 5.41) is 2.76. The molecule has 0 saturated carbocycles. The molecule has 1 aliphatic heterocycles. The normalized spacial score (nSPS) is 15.1. The van der Waals surface area contributed by atoms with Crippen molar-refractivity contribution in [1.29, 1.82) is 0 Å². The number of nitrogens with zero attached hydrogens (tertiary/aromatic N) is 2. The van der Waals surface area contributed by atoms with E-state index < -0.39 is 12.1 Å². The van der Waals surface area contributed by atoms with Gasteiger partial charge in [-0.3, -0.25) is 4.79 Å². The molecule has 1 heterocycles. The zero-order valence-electron chi connectivity index (χ0n) is 17.1. The van der Waals surface area contributed by atoms with Gasteiger partial charge in [0.1, 0.15) is 12.6 Å². The number of carbonyl (C=O) groups excluding carboxylic acids is 2. The highest BCUT2D eigenvalue weighted by atomic mass is 16.5. The number of hydrogen-bond acceptors (Lipinski definition) is 4. The van der Waals surface area contributed by atoms with E-state index in [0.717, 1.165) is 18.7 Å². The van der Waals surface area contributed by atoms with E-state index in [1.54, 1.807) is 0 Å². The van der Waals surface area contributed by atoms with Gasteiger partial charge in [-0.15, -0.1) is 0 Å². The van der Waals surface area contributed by atoms with Crippen LogP contribution in [0.2, 0.25) is 0 Å².